The van der Waals surface area contributed by atoms with Crippen LogP contribution in [-0.4, -0.2) is 25.3 Å². The van der Waals surface area contributed by atoms with Crippen molar-refractivity contribution in [2.45, 2.75) is 13.0 Å². The summed E-state index contributed by atoms with van der Waals surface area (Å²) >= 11 is 0. The average molecular weight is 236 g/mol. The molecule has 1 aromatic carbocycles. The molecule has 0 fully saturated rings. The minimum absolute atomic E-state index is 0.0727. The van der Waals surface area contributed by atoms with Crippen LogP contribution in [0.5, 0.6) is 5.75 Å². The second-order valence-electron chi connectivity index (χ2n) is 3.81. The molecule has 0 saturated carbocycles. The van der Waals surface area contributed by atoms with E-state index >= 15 is 0 Å². The zero-order chi connectivity index (χ0) is 12.6. The fraction of sp³-hybridized carbons (Fsp3) is 0.273. The Morgan fingerprint density at radius 2 is 2.06 bits per heavy atom. The van der Waals surface area contributed by atoms with Gasteiger partial charge in [-0.05, 0) is 12.1 Å². The van der Waals surface area contributed by atoms with Crippen molar-refractivity contribution in [3.63, 3.8) is 0 Å². The van der Waals surface area contributed by atoms with Crippen LogP contribution in [0.25, 0.3) is 11.0 Å². The fourth-order valence-electron chi connectivity index (χ4n) is 1.82. The van der Waals surface area contributed by atoms with E-state index in [1.165, 1.54) is 21.3 Å². The van der Waals surface area contributed by atoms with E-state index in [4.69, 9.17) is 5.11 Å². The maximum absolute atomic E-state index is 11.9. The molecule has 0 aliphatic heterocycles. The van der Waals surface area contributed by atoms with E-state index in [1.807, 2.05) is 0 Å². The quantitative estimate of drug-likeness (QED) is 0.813. The van der Waals surface area contributed by atoms with Crippen molar-refractivity contribution in [2.75, 3.05) is 0 Å². The minimum Gasteiger partial charge on any atom is -0.508 e. The highest BCUT2D eigenvalue weighted by Crippen LogP contribution is 2.18. The molecule has 6 nitrogen and oxygen atoms in total. The molecule has 2 aromatic rings. The van der Waals surface area contributed by atoms with Crippen LogP contribution in [0.4, 0.5) is 0 Å². The first-order valence-corrected chi connectivity index (χ1v) is 5.10. The number of hydrogen-bond acceptors (Lipinski definition) is 3. The highest BCUT2D eigenvalue weighted by Gasteiger charge is 2.11. The van der Waals surface area contributed by atoms with Gasteiger partial charge in [0.05, 0.1) is 17.5 Å². The molecule has 0 aliphatic carbocycles. The largest absolute Gasteiger partial charge is 0.508 e. The Labute approximate surface area is 96.3 Å². The summed E-state index contributed by atoms with van der Waals surface area (Å²) in [5, 5.41) is 18.0. The number of aliphatic carboxylic acids is 1. The van der Waals surface area contributed by atoms with Gasteiger partial charge in [-0.25, -0.2) is 4.79 Å². The number of rotatable bonds is 3. The number of nitrogens with zero attached hydrogens (tertiary/aromatic N) is 2. The van der Waals surface area contributed by atoms with Crippen molar-refractivity contribution < 1.29 is 15.0 Å². The van der Waals surface area contributed by atoms with E-state index in [-0.39, 0.29) is 24.4 Å². The first-order chi connectivity index (χ1) is 8.00. The van der Waals surface area contributed by atoms with Gasteiger partial charge in [0.15, 0.2) is 0 Å². The third-order valence-electron chi connectivity index (χ3n) is 2.68. The Hall–Kier alpha value is -2.24. The van der Waals surface area contributed by atoms with Gasteiger partial charge in [0.25, 0.3) is 0 Å². The molecule has 0 unspecified atom stereocenters. The van der Waals surface area contributed by atoms with Gasteiger partial charge in [-0.1, -0.05) is 0 Å². The molecule has 0 saturated heterocycles. The van der Waals surface area contributed by atoms with Gasteiger partial charge in [0, 0.05) is 19.7 Å². The Kier molecular flexibility index (Phi) is 2.63. The summed E-state index contributed by atoms with van der Waals surface area (Å²) in [7, 11) is 1.58. The van der Waals surface area contributed by atoms with Crippen molar-refractivity contribution >= 4 is 17.0 Å². The molecule has 2 N–H and O–H groups in total. The van der Waals surface area contributed by atoms with E-state index < -0.39 is 5.97 Å². The molecule has 1 aromatic heterocycles. The van der Waals surface area contributed by atoms with Crippen molar-refractivity contribution in [3.8, 4) is 5.75 Å². The SMILES string of the molecule is Cn1c(=O)n(CCC(=O)O)c2ccc(O)cc21. The number of aromatic hydroxyl groups is 1. The van der Waals surface area contributed by atoms with Gasteiger partial charge in [-0.15, -0.1) is 0 Å². The average Bonchev–Trinajstić information content (AvgIpc) is 2.50. The van der Waals surface area contributed by atoms with Crippen molar-refractivity contribution in [3.05, 3.63) is 28.7 Å². The summed E-state index contributed by atoms with van der Waals surface area (Å²) in [5.41, 5.74) is 0.920. The lowest BCUT2D eigenvalue weighted by Crippen LogP contribution is -2.23. The maximum atomic E-state index is 11.9. The van der Waals surface area contributed by atoms with Crippen LogP contribution in [0.3, 0.4) is 0 Å². The number of carboxylic acid groups (broad SMARTS) is 1. The second kappa shape index (κ2) is 3.97. The monoisotopic (exact) mass is 236 g/mol. The van der Waals surface area contributed by atoms with Crippen LogP contribution < -0.4 is 5.69 Å². The second-order valence-corrected chi connectivity index (χ2v) is 3.81. The number of carbonyl (C=O) groups is 1. The topological polar surface area (TPSA) is 84.5 Å². The normalized spacial score (nSPS) is 10.9. The molecule has 0 bridgehead atoms. The number of phenols is 1. The first-order valence-electron chi connectivity index (χ1n) is 5.10. The summed E-state index contributed by atoms with van der Waals surface area (Å²) in [4.78, 5) is 22.4. The molecule has 90 valence electrons. The summed E-state index contributed by atoms with van der Waals surface area (Å²) in [6, 6.07) is 4.56. The Morgan fingerprint density at radius 3 is 2.71 bits per heavy atom. The molecule has 17 heavy (non-hydrogen) atoms. The fourth-order valence-corrected chi connectivity index (χ4v) is 1.82. The standard InChI is InChI=1S/C11H12N2O4/c1-12-9-6-7(14)2-3-8(9)13(11(12)17)5-4-10(15)16/h2-3,6,14H,4-5H2,1H3,(H,15,16). The van der Waals surface area contributed by atoms with Crippen molar-refractivity contribution in [1.29, 1.82) is 0 Å². The molecule has 0 radical (unpaired) electrons. The lowest BCUT2D eigenvalue weighted by atomic mass is 10.3. The summed E-state index contributed by atoms with van der Waals surface area (Å²) in [5.74, 6) is -0.879. The maximum Gasteiger partial charge on any atom is 0.328 e. The Balaban J connectivity index is 2.59. The Morgan fingerprint density at radius 1 is 1.35 bits per heavy atom. The number of phenolic OH excluding ortho intramolecular Hbond substituents is 1. The van der Waals surface area contributed by atoms with Gasteiger partial charge in [0.1, 0.15) is 5.75 Å². The molecule has 0 amide bonds. The van der Waals surface area contributed by atoms with E-state index in [2.05, 4.69) is 0 Å². The van der Waals surface area contributed by atoms with Crippen molar-refractivity contribution in [2.24, 2.45) is 7.05 Å². The third kappa shape index (κ3) is 1.89. The lowest BCUT2D eigenvalue weighted by Gasteiger charge is -2.00. The van der Waals surface area contributed by atoms with Crippen LogP contribution in [0.2, 0.25) is 0 Å². The van der Waals surface area contributed by atoms with Crippen LogP contribution >= 0.6 is 0 Å². The molecule has 2 rings (SSSR count). The van der Waals surface area contributed by atoms with E-state index in [0.29, 0.717) is 11.0 Å². The number of carboxylic acids is 1. The predicted molar refractivity (Wildman–Crippen MR) is 61.1 cm³/mol. The van der Waals surface area contributed by atoms with Crippen LogP contribution in [-0.2, 0) is 18.4 Å². The van der Waals surface area contributed by atoms with Gasteiger partial charge in [0.2, 0.25) is 0 Å². The number of aryl methyl sites for hydroxylation is 2. The smallest absolute Gasteiger partial charge is 0.328 e. The number of hydrogen-bond donors (Lipinski definition) is 2. The van der Waals surface area contributed by atoms with E-state index in [1.54, 1.807) is 13.1 Å². The number of benzene rings is 1. The Bertz CT molecular complexity index is 639. The molecular formula is C11H12N2O4. The minimum atomic E-state index is -0.951. The van der Waals surface area contributed by atoms with E-state index in [9.17, 15) is 14.7 Å². The lowest BCUT2D eigenvalue weighted by molar-refractivity contribution is -0.137. The van der Waals surface area contributed by atoms with Crippen molar-refractivity contribution in [1.82, 2.24) is 9.13 Å². The molecule has 0 atom stereocenters. The van der Waals surface area contributed by atoms with Gasteiger partial charge in [-0.3, -0.25) is 13.9 Å². The number of imidazole rings is 1. The zero-order valence-corrected chi connectivity index (χ0v) is 9.25. The summed E-state index contributed by atoms with van der Waals surface area (Å²) < 4.78 is 2.78. The van der Waals surface area contributed by atoms with Crippen LogP contribution in [0.1, 0.15) is 6.42 Å². The zero-order valence-electron chi connectivity index (χ0n) is 9.25. The van der Waals surface area contributed by atoms with Crippen LogP contribution in [0, 0.1) is 0 Å². The van der Waals surface area contributed by atoms with Gasteiger partial charge in [-0.2, -0.15) is 0 Å². The first kappa shape index (κ1) is 11.3. The van der Waals surface area contributed by atoms with Gasteiger partial charge >= 0.3 is 11.7 Å². The molecular weight excluding hydrogens is 224 g/mol. The highest BCUT2D eigenvalue weighted by atomic mass is 16.4. The number of fused-ring (bicyclic) bond motifs is 1. The molecule has 1 heterocycles. The molecule has 0 spiro atoms. The van der Waals surface area contributed by atoms with E-state index in [0.717, 1.165) is 0 Å². The molecule has 0 aliphatic rings. The van der Waals surface area contributed by atoms with Gasteiger partial charge < -0.3 is 10.2 Å². The predicted octanol–water partition coefficient (Wildman–Crippen LogP) is 0.520. The number of aromatic nitrogens is 2. The summed E-state index contributed by atoms with van der Waals surface area (Å²) in [6.07, 6.45) is -0.111. The third-order valence-corrected chi connectivity index (χ3v) is 2.68. The van der Waals surface area contributed by atoms with Crippen LogP contribution in [0.15, 0.2) is 23.0 Å². The molecule has 6 heteroatoms. The summed E-state index contributed by atoms with van der Waals surface area (Å²) in [6.45, 7) is 0.121. The highest BCUT2D eigenvalue weighted by molar-refractivity contribution is 5.78.